The lowest BCUT2D eigenvalue weighted by atomic mass is 9.87. The van der Waals surface area contributed by atoms with E-state index in [9.17, 15) is 14.4 Å². The van der Waals surface area contributed by atoms with Crippen molar-refractivity contribution in [3.05, 3.63) is 29.8 Å². The average Bonchev–Trinajstić information content (AvgIpc) is 2.70. The summed E-state index contributed by atoms with van der Waals surface area (Å²) in [4.78, 5) is 38.8. The molecule has 0 spiro atoms. The third kappa shape index (κ3) is 5.81. The summed E-state index contributed by atoms with van der Waals surface area (Å²) < 4.78 is 4.65. The third-order valence-corrected chi connectivity index (χ3v) is 4.62. The zero-order valence-electron chi connectivity index (χ0n) is 16.7. The number of nitrogens with zero attached hydrogens (tertiary/aromatic N) is 1. The number of hydrogen-bond acceptors (Lipinski definition) is 4. The highest BCUT2D eigenvalue weighted by Crippen LogP contribution is 2.29. The van der Waals surface area contributed by atoms with E-state index >= 15 is 0 Å². The first-order valence-corrected chi connectivity index (χ1v) is 9.51. The Morgan fingerprint density at radius 2 is 1.85 bits per heavy atom. The number of amides is 2. The number of rotatable bonds is 7. The van der Waals surface area contributed by atoms with Gasteiger partial charge in [0.2, 0.25) is 5.91 Å². The summed E-state index contributed by atoms with van der Waals surface area (Å²) in [6.07, 6.45) is 3.25. The van der Waals surface area contributed by atoms with Gasteiger partial charge in [0, 0.05) is 13.0 Å². The largest absolute Gasteiger partial charge is 0.469 e. The Kier molecular flexibility index (Phi) is 6.99. The Morgan fingerprint density at radius 3 is 2.52 bits per heavy atom. The van der Waals surface area contributed by atoms with E-state index in [2.05, 4.69) is 30.8 Å². The molecule has 2 amide bonds. The fraction of sp³-hybridized carbons (Fsp3) is 0.571. The molecule has 1 aliphatic rings. The summed E-state index contributed by atoms with van der Waals surface area (Å²) in [5.74, 6) is -0.496. The molecule has 1 aromatic carbocycles. The van der Waals surface area contributed by atoms with Crippen molar-refractivity contribution in [1.29, 1.82) is 0 Å². The van der Waals surface area contributed by atoms with Crippen LogP contribution in [0.3, 0.4) is 0 Å². The van der Waals surface area contributed by atoms with E-state index in [0.29, 0.717) is 30.6 Å². The molecule has 0 saturated heterocycles. The number of anilines is 1. The van der Waals surface area contributed by atoms with Gasteiger partial charge in [0.1, 0.15) is 6.04 Å². The topological polar surface area (TPSA) is 75.7 Å². The summed E-state index contributed by atoms with van der Waals surface area (Å²) in [6.45, 7) is 6.69. The molecule has 148 valence electrons. The van der Waals surface area contributed by atoms with E-state index in [4.69, 9.17) is 0 Å². The van der Waals surface area contributed by atoms with Crippen molar-refractivity contribution in [3.63, 3.8) is 0 Å². The second-order valence-electron chi connectivity index (χ2n) is 8.18. The average molecular weight is 374 g/mol. The SMILES string of the molecule is COC(=O)CCCCCN1C(=O)[C@H](CC(C)(C)C)NC(=O)c2ccccc21. The lowest BCUT2D eigenvalue weighted by molar-refractivity contribution is -0.140. The van der Waals surface area contributed by atoms with Crippen molar-refractivity contribution in [2.75, 3.05) is 18.6 Å². The molecular formula is C21H30N2O4. The van der Waals surface area contributed by atoms with E-state index in [1.54, 1.807) is 11.0 Å². The van der Waals surface area contributed by atoms with Crippen LogP contribution in [-0.4, -0.2) is 37.5 Å². The maximum absolute atomic E-state index is 13.2. The normalized spacial score (nSPS) is 17.2. The van der Waals surface area contributed by atoms with Gasteiger partial charge in [0.05, 0.1) is 18.4 Å². The molecule has 27 heavy (non-hydrogen) atoms. The quantitative estimate of drug-likeness (QED) is 0.587. The minimum absolute atomic E-state index is 0.0730. The van der Waals surface area contributed by atoms with Crippen molar-refractivity contribution in [2.24, 2.45) is 5.41 Å². The first-order chi connectivity index (χ1) is 12.7. The Bertz CT molecular complexity index is 694. The Labute approximate surface area is 161 Å². The molecule has 1 N–H and O–H groups in total. The molecule has 0 fully saturated rings. The van der Waals surface area contributed by atoms with Gasteiger partial charge in [0.25, 0.3) is 5.91 Å². The molecule has 0 radical (unpaired) electrons. The zero-order chi connectivity index (χ0) is 20.0. The number of carbonyl (C=O) groups excluding carboxylic acids is 3. The molecule has 1 aliphatic heterocycles. The van der Waals surface area contributed by atoms with E-state index in [0.717, 1.165) is 19.3 Å². The number of ether oxygens (including phenoxy) is 1. The molecular weight excluding hydrogens is 344 g/mol. The predicted octanol–water partition coefficient (Wildman–Crippen LogP) is 3.30. The molecule has 2 rings (SSSR count). The van der Waals surface area contributed by atoms with Gasteiger partial charge in [-0.3, -0.25) is 14.4 Å². The van der Waals surface area contributed by atoms with Crippen LogP contribution in [-0.2, 0) is 14.3 Å². The first-order valence-electron chi connectivity index (χ1n) is 9.51. The number of benzene rings is 1. The van der Waals surface area contributed by atoms with Crippen LogP contribution in [0.15, 0.2) is 24.3 Å². The third-order valence-electron chi connectivity index (χ3n) is 4.62. The van der Waals surface area contributed by atoms with E-state index in [-0.39, 0.29) is 23.2 Å². The number of nitrogens with one attached hydrogen (secondary N) is 1. The molecule has 1 atom stereocenters. The monoisotopic (exact) mass is 374 g/mol. The number of para-hydroxylation sites is 1. The Balaban J connectivity index is 2.14. The molecule has 1 heterocycles. The van der Waals surface area contributed by atoms with Crippen LogP contribution in [0.2, 0.25) is 0 Å². The second-order valence-corrected chi connectivity index (χ2v) is 8.18. The summed E-state index contributed by atoms with van der Waals surface area (Å²) in [5, 5.41) is 2.90. The number of esters is 1. The van der Waals surface area contributed by atoms with Crippen molar-refractivity contribution >= 4 is 23.5 Å². The Hall–Kier alpha value is -2.37. The molecule has 0 saturated carbocycles. The van der Waals surface area contributed by atoms with Crippen LogP contribution < -0.4 is 10.2 Å². The van der Waals surface area contributed by atoms with E-state index in [1.165, 1.54) is 7.11 Å². The van der Waals surface area contributed by atoms with E-state index < -0.39 is 6.04 Å². The van der Waals surface area contributed by atoms with Gasteiger partial charge < -0.3 is 15.0 Å². The number of hydrogen-bond donors (Lipinski definition) is 1. The van der Waals surface area contributed by atoms with Gasteiger partial charge in [-0.25, -0.2) is 0 Å². The minimum atomic E-state index is -0.542. The molecule has 1 aromatic rings. The van der Waals surface area contributed by atoms with Gasteiger partial charge in [0.15, 0.2) is 0 Å². The van der Waals surface area contributed by atoms with Crippen LogP contribution in [0.25, 0.3) is 0 Å². The summed E-state index contributed by atoms with van der Waals surface area (Å²) in [7, 11) is 1.38. The lowest BCUT2D eigenvalue weighted by Crippen LogP contribution is -2.47. The summed E-state index contributed by atoms with van der Waals surface area (Å²) in [5.41, 5.74) is 1.09. The van der Waals surface area contributed by atoms with Crippen LogP contribution in [0.5, 0.6) is 0 Å². The van der Waals surface area contributed by atoms with Gasteiger partial charge in [-0.15, -0.1) is 0 Å². The number of carbonyl (C=O) groups is 3. The van der Waals surface area contributed by atoms with Gasteiger partial charge in [-0.05, 0) is 36.8 Å². The predicted molar refractivity (Wildman–Crippen MR) is 105 cm³/mol. The molecule has 0 unspecified atom stereocenters. The zero-order valence-corrected chi connectivity index (χ0v) is 16.7. The molecule has 6 nitrogen and oxygen atoms in total. The molecule has 0 aromatic heterocycles. The van der Waals surface area contributed by atoms with Crippen molar-refractivity contribution < 1.29 is 19.1 Å². The van der Waals surface area contributed by atoms with Crippen molar-refractivity contribution in [2.45, 2.75) is 58.9 Å². The van der Waals surface area contributed by atoms with Crippen LogP contribution in [0, 0.1) is 5.41 Å². The molecule has 0 aliphatic carbocycles. The van der Waals surface area contributed by atoms with Gasteiger partial charge >= 0.3 is 5.97 Å². The first kappa shape index (κ1) is 20.9. The van der Waals surface area contributed by atoms with Crippen LogP contribution in [0.1, 0.15) is 63.2 Å². The van der Waals surface area contributed by atoms with Gasteiger partial charge in [-0.1, -0.05) is 39.3 Å². The number of methoxy groups -OCH3 is 1. The number of fused-ring (bicyclic) bond motifs is 1. The Morgan fingerprint density at radius 1 is 1.15 bits per heavy atom. The fourth-order valence-electron chi connectivity index (χ4n) is 3.31. The summed E-state index contributed by atoms with van der Waals surface area (Å²) >= 11 is 0. The van der Waals surface area contributed by atoms with E-state index in [1.807, 2.05) is 18.2 Å². The maximum atomic E-state index is 13.2. The second kappa shape index (κ2) is 9.02. The molecule has 0 bridgehead atoms. The maximum Gasteiger partial charge on any atom is 0.305 e. The van der Waals surface area contributed by atoms with Gasteiger partial charge in [-0.2, -0.15) is 0 Å². The highest BCUT2D eigenvalue weighted by Gasteiger charge is 2.35. The standard InChI is InChI=1S/C21H30N2O4/c1-21(2,3)14-16-20(26)23(13-9-5-6-12-18(24)27-4)17-11-8-7-10-15(17)19(25)22-16/h7-8,10-11,16H,5-6,9,12-14H2,1-4H3,(H,22,25)/t16-/m0/s1. The number of unbranched alkanes of at least 4 members (excludes halogenated alkanes) is 2. The van der Waals surface area contributed by atoms with Crippen molar-refractivity contribution in [1.82, 2.24) is 5.32 Å². The minimum Gasteiger partial charge on any atom is -0.469 e. The highest BCUT2D eigenvalue weighted by atomic mass is 16.5. The lowest BCUT2D eigenvalue weighted by Gasteiger charge is -2.29. The summed E-state index contributed by atoms with van der Waals surface area (Å²) in [6, 6.07) is 6.68. The fourth-order valence-corrected chi connectivity index (χ4v) is 3.31. The highest BCUT2D eigenvalue weighted by molar-refractivity contribution is 6.10. The smallest absolute Gasteiger partial charge is 0.305 e. The molecule has 6 heteroatoms. The van der Waals surface area contributed by atoms with Crippen LogP contribution in [0.4, 0.5) is 5.69 Å². The van der Waals surface area contributed by atoms with Crippen LogP contribution >= 0.6 is 0 Å². The van der Waals surface area contributed by atoms with Crippen molar-refractivity contribution in [3.8, 4) is 0 Å².